The maximum atomic E-state index is 2.47. The van der Waals surface area contributed by atoms with E-state index < -0.39 is 0 Å². The molecule has 1 aliphatic rings. The first-order valence-corrected chi connectivity index (χ1v) is 20.1. The van der Waals surface area contributed by atoms with Gasteiger partial charge in [-0.25, -0.2) is 0 Å². The van der Waals surface area contributed by atoms with Gasteiger partial charge in [0.25, 0.3) is 0 Å². The van der Waals surface area contributed by atoms with Crippen molar-refractivity contribution in [1.82, 2.24) is 9.13 Å². The number of aromatic nitrogens is 2. The first-order chi connectivity index (χ1) is 27.9. The first kappa shape index (κ1) is 32.4. The highest BCUT2D eigenvalue weighted by atomic mass is 14.9. The molecule has 0 saturated carbocycles. The Morgan fingerprint density at radius 3 is 1.37 bits per heavy atom. The minimum Gasteiger partial charge on any atom is -0.344 e. The summed E-state index contributed by atoms with van der Waals surface area (Å²) in [5.41, 5.74) is 17.9. The first-order valence-electron chi connectivity index (χ1n) is 20.1. The van der Waals surface area contributed by atoms with Crippen LogP contribution in [0.2, 0.25) is 0 Å². The Kier molecular flexibility index (Phi) is 6.57. The minimum atomic E-state index is -0.0492. The molecule has 0 radical (unpaired) electrons. The molecule has 2 aromatic heterocycles. The Bertz CT molecular complexity index is 3340. The van der Waals surface area contributed by atoms with Gasteiger partial charge in [-0.1, -0.05) is 147 Å². The van der Waals surface area contributed by atoms with E-state index in [4.69, 9.17) is 0 Å². The number of benzene rings is 9. The third kappa shape index (κ3) is 4.41. The molecule has 0 bridgehead atoms. The lowest BCUT2D eigenvalue weighted by atomic mass is 9.81. The van der Waals surface area contributed by atoms with Crippen LogP contribution in [0.1, 0.15) is 25.0 Å². The van der Waals surface area contributed by atoms with Crippen molar-refractivity contribution >= 4 is 65.2 Å². The predicted octanol–water partition coefficient (Wildman–Crippen LogP) is 14.6. The zero-order chi connectivity index (χ0) is 38.2. The molecule has 57 heavy (non-hydrogen) atoms. The Morgan fingerprint density at radius 2 is 0.772 bits per heavy atom. The number of aryl methyl sites for hydroxylation is 2. The van der Waals surface area contributed by atoms with Crippen LogP contribution in [0.15, 0.2) is 170 Å². The topological polar surface area (TPSA) is 9.86 Å². The molecule has 0 spiro atoms. The minimum absolute atomic E-state index is 0.0492. The van der Waals surface area contributed by atoms with Crippen LogP contribution in [0.5, 0.6) is 0 Å². The lowest BCUT2D eigenvalue weighted by molar-refractivity contribution is 0.660. The molecule has 0 aliphatic heterocycles. The van der Waals surface area contributed by atoms with E-state index in [2.05, 4.69) is 207 Å². The van der Waals surface area contributed by atoms with Gasteiger partial charge in [-0.05, 0) is 114 Å². The molecule has 0 amide bonds. The van der Waals surface area contributed by atoms with Crippen molar-refractivity contribution < 1.29 is 0 Å². The van der Waals surface area contributed by atoms with Crippen LogP contribution in [0, 0.1) is 0 Å². The molecule has 11 aromatic rings. The van der Waals surface area contributed by atoms with Crippen molar-refractivity contribution in [3.05, 3.63) is 181 Å². The molecule has 2 nitrogen and oxygen atoms in total. The second-order valence-electron chi connectivity index (χ2n) is 16.6. The number of rotatable bonds is 3. The Balaban J connectivity index is 1.16. The smallest absolute Gasteiger partial charge is 0.0494 e. The summed E-state index contributed by atoms with van der Waals surface area (Å²) in [5.74, 6) is 0. The molecule has 2 heterocycles. The Labute approximate surface area is 331 Å². The van der Waals surface area contributed by atoms with Crippen molar-refractivity contribution in [3.8, 4) is 44.5 Å². The van der Waals surface area contributed by atoms with Crippen molar-refractivity contribution in [2.45, 2.75) is 19.3 Å². The van der Waals surface area contributed by atoms with E-state index in [9.17, 15) is 0 Å². The molecule has 9 aromatic carbocycles. The van der Waals surface area contributed by atoms with E-state index in [1.54, 1.807) is 0 Å². The summed E-state index contributed by atoms with van der Waals surface area (Å²) in [6.07, 6.45) is 0. The highest BCUT2D eigenvalue weighted by Crippen LogP contribution is 2.51. The van der Waals surface area contributed by atoms with Gasteiger partial charge in [-0.2, -0.15) is 0 Å². The van der Waals surface area contributed by atoms with Gasteiger partial charge in [0, 0.05) is 63.1 Å². The fraction of sp³-hybridized carbons (Fsp3) is 0.0909. The maximum absolute atomic E-state index is 2.47. The summed E-state index contributed by atoms with van der Waals surface area (Å²) in [4.78, 5) is 0. The quantitative estimate of drug-likeness (QED) is 0.160. The molecular weight excluding hydrogens is 689 g/mol. The number of para-hydroxylation sites is 2. The van der Waals surface area contributed by atoms with Crippen molar-refractivity contribution in [3.63, 3.8) is 0 Å². The largest absolute Gasteiger partial charge is 0.344 e. The monoisotopic (exact) mass is 728 g/mol. The fourth-order valence-corrected chi connectivity index (χ4v) is 10.5. The van der Waals surface area contributed by atoms with E-state index >= 15 is 0 Å². The summed E-state index contributed by atoms with van der Waals surface area (Å²) < 4.78 is 4.68. The van der Waals surface area contributed by atoms with Gasteiger partial charge in [0.2, 0.25) is 0 Å². The predicted molar refractivity (Wildman–Crippen MR) is 243 cm³/mol. The SMILES string of the molecule is Cn1c2ccccc2c2ccc(-c3cccc4c(-c5ccc6c(c5)-c5ccccc5C6(C)C)c5cccc(-c6ccc7c8ccccc8n(C)c7c6)c5cc34)cc21. The van der Waals surface area contributed by atoms with E-state index in [1.807, 2.05) is 0 Å². The molecule has 270 valence electrons. The van der Waals surface area contributed by atoms with E-state index in [0.717, 1.165) is 0 Å². The molecule has 0 fully saturated rings. The van der Waals surface area contributed by atoms with Crippen molar-refractivity contribution in [2.24, 2.45) is 14.1 Å². The second-order valence-corrected chi connectivity index (χ2v) is 16.6. The van der Waals surface area contributed by atoms with Crippen LogP contribution < -0.4 is 0 Å². The summed E-state index contributed by atoms with van der Waals surface area (Å²) in [6, 6.07) is 64.0. The fourth-order valence-electron chi connectivity index (χ4n) is 10.5. The normalized spacial score (nSPS) is 13.4. The summed E-state index contributed by atoms with van der Waals surface area (Å²) in [6.45, 7) is 4.73. The van der Waals surface area contributed by atoms with Crippen molar-refractivity contribution in [1.29, 1.82) is 0 Å². The number of fused-ring (bicyclic) bond motifs is 11. The molecule has 0 saturated heterocycles. The van der Waals surface area contributed by atoms with E-state index in [1.165, 1.54) is 121 Å². The van der Waals surface area contributed by atoms with Crippen LogP contribution in [0.4, 0.5) is 0 Å². The standard InChI is InChI=1S/C55H40N2/c1-55(2)48-20-8-5-13-38(48)47-29-35(25-28-49(47)55)54-43-18-11-16-36(33-23-26-41-39-14-6-9-21-50(39)56(3)52(41)30-33)45(43)32-46-37(17-12-19-44(46)54)34-24-27-42-40-15-7-10-22-51(40)57(4)53(42)31-34/h5-32H,1-4H3. The van der Waals surface area contributed by atoms with E-state index in [0.29, 0.717) is 0 Å². The third-order valence-electron chi connectivity index (χ3n) is 13.4. The Morgan fingerprint density at radius 1 is 0.316 bits per heavy atom. The van der Waals surface area contributed by atoms with Crippen LogP contribution in [-0.2, 0) is 19.5 Å². The van der Waals surface area contributed by atoms with Crippen LogP contribution in [0.25, 0.3) is 110 Å². The summed E-state index contributed by atoms with van der Waals surface area (Å²) >= 11 is 0. The molecule has 12 rings (SSSR count). The van der Waals surface area contributed by atoms with Gasteiger partial charge in [0.15, 0.2) is 0 Å². The van der Waals surface area contributed by atoms with Gasteiger partial charge < -0.3 is 9.13 Å². The third-order valence-corrected chi connectivity index (χ3v) is 13.4. The average molecular weight is 729 g/mol. The molecule has 0 N–H and O–H groups in total. The highest BCUT2D eigenvalue weighted by Gasteiger charge is 2.35. The van der Waals surface area contributed by atoms with Crippen LogP contribution >= 0.6 is 0 Å². The van der Waals surface area contributed by atoms with Gasteiger partial charge in [0.1, 0.15) is 0 Å². The number of nitrogens with zero attached hydrogens (tertiary/aromatic N) is 2. The maximum Gasteiger partial charge on any atom is 0.0494 e. The summed E-state index contributed by atoms with van der Waals surface area (Å²) in [7, 11) is 4.38. The molecular formula is C55H40N2. The zero-order valence-electron chi connectivity index (χ0n) is 32.6. The number of hydrogen-bond acceptors (Lipinski definition) is 0. The van der Waals surface area contributed by atoms with Gasteiger partial charge >= 0.3 is 0 Å². The lowest BCUT2D eigenvalue weighted by Crippen LogP contribution is -2.14. The molecule has 0 atom stereocenters. The summed E-state index contributed by atoms with van der Waals surface area (Å²) in [5, 5.41) is 10.2. The van der Waals surface area contributed by atoms with Gasteiger partial charge in [-0.3, -0.25) is 0 Å². The average Bonchev–Trinajstić information content (AvgIpc) is 3.80. The van der Waals surface area contributed by atoms with Gasteiger partial charge in [-0.15, -0.1) is 0 Å². The molecule has 2 heteroatoms. The van der Waals surface area contributed by atoms with E-state index in [-0.39, 0.29) is 5.41 Å². The van der Waals surface area contributed by atoms with Crippen molar-refractivity contribution in [2.75, 3.05) is 0 Å². The van der Waals surface area contributed by atoms with Crippen LogP contribution in [-0.4, -0.2) is 9.13 Å². The van der Waals surface area contributed by atoms with Crippen LogP contribution in [0.3, 0.4) is 0 Å². The lowest BCUT2D eigenvalue weighted by Gasteiger charge is -2.22. The molecule has 1 aliphatic carbocycles. The molecule has 0 unspecified atom stereocenters. The number of hydrogen-bond donors (Lipinski definition) is 0. The zero-order valence-corrected chi connectivity index (χ0v) is 32.6. The highest BCUT2D eigenvalue weighted by molar-refractivity contribution is 6.20. The van der Waals surface area contributed by atoms with Gasteiger partial charge in [0.05, 0.1) is 0 Å². The second kappa shape index (κ2) is 11.6. The Hall–Kier alpha value is -6.90.